The molecule has 1 fully saturated rings. The maximum atomic E-state index is 13.2. The third kappa shape index (κ3) is 4.74. The number of carbonyl (C=O) groups excluding carboxylic acids is 2. The lowest BCUT2D eigenvalue weighted by Gasteiger charge is -2.35. The molecule has 2 amide bonds. The molecule has 1 aromatic heterocycles. The van der Waals surface area contributed by atoms with Crippen molar-refractivity contribution in [1.29, 1.82) is 0 Å². The Morgan fingerprint density at radius 3 is 2.43 bits per heavy atom. The van der Waals surface area contributed by atoms with Gasteiger partial charge in [0.15, 0.2) is 5.69 Å². The van der Waals surface area contributed by atoms with Gasteiger partial charge in [0, 0.05) is 31.2 Å². The minimum atomic E-state index is -0.193. The van der Waals surface area contributed by atoms with Crippen LogP contribution in [0.2, 0.25) is 5.02 Å². The second kappa shape index (κ2) is 10.1. The van der Waals surface area contributed by atoms with Gasteiger partial charge in [0.2, 0.25) is 0 Å². The lowest BCUT2D eigenvalue weighted by molar-refractivity contribution is -0.00202. The van der Waals surface area contributed by atoms with Gasteiger partial charge < -0.3 is 19.3 Å². The number of para-hydroxylation sites is 1. The lowest BCUT2D eigenvalue weighted by Crippen LogP contribution is -2.51. The average molecular weight is 496 g/mol. The van der Waals surface area contributed by atoms with E-state index in [9.17, 15) is 9.59 Å². The van der Waals surface area contributed by atoms with Gasteiger partial charge >= 0.3 is 0 Å². The third-order valence-corrected chi connectivity index (χ3v) is 6.57. The van der Waals surface area contributed by atoms with Crippen molar-refractivity contribution in [1.82, 2.24) is 24.8 Å². The first-order valence-corrected chi connectivity index (χ1v) is 12.0. The maximum Gasteiger partial charge on any atom is 0.276 e. The highest BCUT2D eigenvalue weighted by molar-refractivity contribution is 6.30. The number of amides is 2. The van der Waals surface area contributed by atoms with E-state index < -0.39 is 0 Å². The zero-order chi connectivity index (χ0) is 24.4. The van der Waals surface area contributed by atoms with Gasteiger partial charge in [0.1, 0.15) is 11.9 Å². The summed E-state index contributed by atoms with van der Waals surface area (Å²) in [5.74, 6) is 0.288. The Morgan fingerprint density at radius 1 is 1.03 bits per heavy atom. The smallest absolute Gasteiger partial charge is 0.276 e. The highest BCUT2D eigenvalue weighted by Gasteiger charge is 2.32. The summed E-state index contributed by atoms with van der Waals surface area (Å²) >= 11 is 5.98. The summed E-state index contributed by atoms with van der Waals surface area (Å²) in [6.45, 7) is 4.79. The van der Waals surface area contributed by atoms with Crippen LogP contribution in [0.15, 0.2) is 48.5 Å². The zero-order valence-electron chi connectivity index (χ0n) is 19.4. The van der Waals surface area contributed by atoms with Gasteiger partial charge in [0.25, 0.3) is 11.8 Å². The van der Waals surface area contributed by atoms with E-state index in [2.05, 4.69) is 10.3 Å². The SMILES string of the molecule is CCOc1ccccc1C(=O)N1CCN(C(=O)c2nnn3c2CO[C@@H](c2ccc(Cl)cc2)C3)CC1. The first-order valence-electron chi connectivity index (χ1n) is 11.6. The van der Waals surface area contributed by atoms with Gasteiger partial charge in [-0.3, -0.25) is 9.59 Å². The minimum absolute atomic E-state index is 0.0937. The Kier molecular flexibility index (Phi) is 6.70. The third-order valence-electron chi connectivity index (χ3n) is 6.31. The van der Waals surface area contributed by atoms with Crippen molar-refractivity contribution < 1.29 is 19.1 Å². The average Bonchev–Trinajstić information content (AvgIpc) is 3.32. The van der Waals surface area contributed by atoms with Crippen LogP contribution < -0.4 is 4.74 Å². The van der Waals surface area contributed by atoms with Crippen LogP contribution in [0.4, 0.5) is 0 Å². The van der Waals surface area contributed by atoms with Crippen LogP contribution in [0.25, 0.3) is 0 Å². The Hall–Kier alpha value is -3.43. The Bertz CT molecular complexity index is 1220. The molecule has 0 aliphatic carbocycles. The van der Waals surface area contributed by atoms with E-state index in [1.807, 2.05) is 43.3 Å². The van der Waals surface area contributed by atoms with Gasteiger partial charge in [-0.15, -0.1) is 5.10 Å². The van der Waals surface area contributed by atoms with Crippen LogP contribution in [0.5, 0.6) is 5.75 Å². The maximum absolute atomic E-state index is 13.2. The van der Waals surface area contributed by atoms with Crippen molar-refractivity contribution in [2.45, 2.75) is 26.2 Å². The van der Waals surface area contributed by atoms with Gasteiger partial charge in [-0.25, -0.2) is 4.68 Å². The number of aromatic nitrogens is 3. The molecule has 182 valence electrons. The summed E-state index contributed by atoms with van der Waals surface area (Å²) in [4.78, 5) is 29.7. The highest BCUT2D eigenvalue weighted by Crippen LogP contribution is 2.28. The molecule has 10 heteroatoms. The number of nitrogens with zero attached hydrogens (tertiary/aromatic N) is 5. The number of ether oxygens (including phenoxy) is 2. The number of piperazine rings is 1. The number of hydrogen-bond acceptors (Lipinski definition) is 6. The molecule has 2 aromatic carbocycles. The summed E-state index contributed by atoms with van der Waals surface area (Å²) in [5, 5.41) is 9.05. The van der Waals surface area contributed by atoms with Crippen LogP contribution in [0.3, 0.4) is 0 Å². The van der Waals surface area contributed by atoms with Crippen LogP contribution in [0, 0.1) is 0 Å². The molecule has 5 rings (SSSR count). The first-order chi connectivity index (χ1) is 17.0. The number of halogens is 1. The van der Waals surface area contributed by atoms with Crippen molar-refractivity contribution in [2.24, 2.45) is 0 Å². The number of carbonyl (C=O) groups is 2. The predicted octanol–water partition coefficient (Wildman–Crippen LogP) is 3.20. The topological polar surface area (TPSA) is 89.8 Å². The second-order valence-corrected chi connectivity index (χ2v) is 8.87. The number of benzene rings is 2. The quantitative estimate of drug-likeness (QED) is 0.540. The number of fused-ring (bicyclic) bond motifs is 1. The second-order valence-electron chi connectivity index (χ2n) is 8.43. The molecule has 0 radical (unpaired) electrons. The van der Waals surface area contributed by atoms with Crippen molar-refractivity contribution >= 4 is 23.4 Å². The molecular formula is C25H26ClN5O4. The number of rotatable bonds is 5. The fourth-order valence-electron chi connectivity index (χ4n) is 4.41. The van der Waals surface area contributed by atoms with Crippen molar-refractivity contribution in [2.75, 3.05) is 32.8 Å². The fraction of sp³-hybridized carbons (Fsp3) is 0.360. The molecule has 1 atom stereocenters. The van der Waals surface area contributed by atoms with E-state index >= 15 is 0 Å². The Balaban J connectivity index is 1.22. The summed E-state index contributed by atoms with van der Waals surface area (Å²) in [6.07, 6.45) is -0.182. The summed E-state index contributed by atoms with van der Waals surface area (Å²) in [7, 11) is 0. The molecule has 35 heavy (non-hydrogen) atoms. The molecule has 2 aliphatic rings. The summed E-state index contributed by atoms with van der Waals surface area (Å²) in [6, 6.07) is 14.7. The van der Waals surface area contributed by atoms with Crippen molar-refractivity contribution in [3.63, 3.8) is 0 Å². The first kappa shape index (κ1) is 23.3. The molecule has 3 heterocycles. The summed E-state index contributed by atoms with van der Waals surface area (Å²) < 4.78 is 13.4. The van der Waals surface area contributed by atoms with Gasteiger partial charge in [-0.2, -0.15) is 0 Å². The molecule has 0 saturated carbocycles. The van der Waals surface area contributed by atoms with E-state index in [0.29, 0.717) is 67.1 Å². The van der Waals surface area contributed by atoms with Gasteiger partial charge in [-0.1, -0.05) is 41.1 Å². The molecule has 0 spiro atoms. The van der Waals surface area contributed by atoms with Crippen LogP contribution in [-0.4, -0.2) is 69.4 Å². The van der Waals surface area contributed by atoms with E-state index in [4.69, 9.17) is 21.1 Å². The lowest BCUT2D eigenvalue weighted by atomic mass is 10.1. The molecule has 0 unspecified atom stereocenters. The van der Waals surface area contributed by atoms with E-state index in [1.165, 1.54) is 0 Å². The molecule has 0 N–H and O–H groups in total. The minimum Gasteiger partial charge on any atom is -0.493 e. The Labute approximate surface area is 208 Å². The van der Waals surface area contributed by atoms with Crippen LogP contribution in [-0.2, 0) is 17.9 Å². The summed E-state index contributed by atoms with van der Waals surface area (Å²) in [5.41, 5.74) is 2.51. The van der Waals surface area contributed by atoms with Gasteiger partial charge in [0.05, 0.1) is 31.0 Å². The standard InChI is InChI=1S/C25H26ClN5O4/c1-2-34-21-6-4-3-5-19(21)24(32)29-11-13-30(14-12-29)25(33)23-20-16-35-22(15-31(20)28-27-23)17-7-9-18(26)10-8-17/h3-10,22H,2,11-16H2,1H3/t22-/m1/s1. The molecule has 1 saturated heterocycles. The van der Waals surface area contributed by atoms with Crippen LogP contribution >= 0.6 is 11.6 Å². The van der Waals surface area contributed by atoms with Crippen molar-refractivity contribution in [3.05, 3.63) is 76.1 Å². The van der Waals surface area contributed by atoms with Crippen LogP contribution in [0.1, 0.15) is 45.1 Å². The molecule has 9 nitrogen and oxygen atoms in total. The van der Waals surface area contributed by atoms with E-state index in [1.54, 1.807) is 26.6 Å². The fourth-order valence-corrected chi connectivity index (χ4v) is 4.54. The molecule has 3 aromatic rings. The normalized spacial score (nSPS) is 17.7. The highest BCUT2D eigenvalue weighted by atomic mass is 35.5. The predicted molar refractivity (Wildman–Crippen MR) is 128 cm³/mol. The largest absolute Gasteiger partial charge is 0.493 e. The number of hydrogen-bond donors (Lipinski definition) is 0. The van der Waals surface area contributed by atoms with Gasteiger partial charge in [-0.05, 0) is 36.8 Å². The Morgan fingerprint density at radius 2 is 1.71 bits per heavy atom. The van der Waals surface area contributed by atoms with E-state index in [0.717, 1.165) is 5.56 Å². The monoisotopic (exact) mass is 495 g/mol. The molecular weight excluding hydrogens is 470 g/mol. The molecule has 2 aliphatic heterocycles. The van der Waals surface area contributed by atoms with Crippen molar-refractivity contribution in [3.8, 4) is 5.75 Å². The zero-order valence-corrected chi connectivity index (χ0v) is 20.1. The molecule has 0 bridgehead atoms. The van der Waals surface area contributed by atoms with E-state index in [-0.39, 0.29) is 24.5 Å².